The van der Waals surface area contributed by atoms with E-state index in [4.69, 9.17) is 0 Å². The van der Waals surface area contributed by atoms with Crippen LogP contribution in [-0.4, -0.2) is 41.6 Å². The van der Waals surface area contributed by atoms with Crippen molar-refractivity contribution in [3.05, 3.63) is 22.4 Å². The summed E-state index contributed by atoms with van der Waals surface area (Å²) in [4.78, 5) is 14.5. The lowest BCUT2D eigenvalue weighted by molar-refractivity contribution is 0.0941. The van der Waals surface area contributed by atoms with Gasteiger partial charge in [0.25, 0.3) is 5.91 Å². The summed E-state index contributed by atoms with van der Waals surface area (Å²) in [5.74, 6) is -0.00315. The molecule has 0 radical (unpaired) electrons. The molecule has 0 unspecified atom stereocenters. The molecule has 0 fully saturated rings. The second-order valence-corrected chi connectivity index (χ2v) is 6.64. The van der Waals surface area contributed by atoms with Crippen molar-refractivity contribution in [2.24, 2.45) is 0 Å². The van der Waals surface area contributed by atoms with Crippen LogP contribution in [0.25, 0.3) is 0 Å². The van der Waals surface area contributed by atoms with E-state index in [9.17, 15) is 4.79 Å². The summed E-state index contributed by atoms with van der Waals surface area (Å²) in [6.45, 7) is 10.2. The molecular formula is C15H26BrN3O. The normalized spacial score (nSPS) is 11.7. The highest BCUT2D eigenvalue weighted by atomic mass is 79.9. The van der Waals surface area contributed by atoms with Crippen LogP contribution in [0.5, 0.6) is 0 Å². The van der Waals surface area contributed by atoms with Crippen LogP contribution < -0.4 is 5.32 Å². The largest absolute Gasteiger partial charge is 0.351 e. The molecule has 1 aromatic rings. The van der Waals surface area contributed by atoms with E-state index >= 15 is 0 Å². The molecule has 1 rings (SSSR count). The molecule has 1 aromatic heterocycles. The summed E-state index contributed by atoms with van der Waals surface area (Å²) >= 11 is 3.43. The van der Waals surface area contributed by atoms with Gasteiger partial charge in [-0.2, -0.15) is 0 Å². The fourth-order valence-electron chi connectivity index (χ4n) is 1.93. The van der Waals surface area contributed by atoms with Crippen molar-refractivity contribution < 1.29 is 4.79 Å². The zero-order chi connectivity index (χ0) is 15.3. The molecule has 0 saturated heterocycles. The van der Waals surface area contributed by atoms with Gasteiger partial charge >= 0.3 is 0 Å². The smallest absolute Gasteiger partial charge is 0.267 e. The SMILES string of the molecule is CC(C)N(C)CCCNC(=O)c1cc(Br)cn1C(C)C. The predicted molar refractivity (Wildman–Crippen MR) is 87.2 cm³/mol. The van der Waals surface area contributed by atoms with E-state index in [1.54, 1.807) is 0 Å². The van der Waals surface area contributed by atoms with Crippen molar-refractivity contribution in [3.63, 3.8) is 0 Å². The highest BCUT2D eigenvalue weighted by Crippen LogP contribution is 2.19. The minimum absolute atomic E-state index is 0.00315. The van der Waals surface area contributed by atoms with Crippen LogP contribution in [-0.2, 0) is 0 Å². The first-order valence-electron chi connectivity index (χ1n) is 7.18. The Morgan fingerprint density at radius 3 is 2.60 bits per heavy atom. The van der Waals surface area contributed by atoms with Crippen LogP contribution in [0.1, 0.15) is 50.6 Å². The van der Waals surface area contributed by atoms with E-state index in [0.717, 1.165) is 17.4 Å². The molecule has 0 atom stereocenters. The van der Waals surface area contributed by atoms with E-state index in [0.29, 0.717) is 18.3 Å². The van der Waals surface area contributed by atoms with Crippen LogP contribution in [0, 0.1) is 0 Å². The van der Waals surface area contributed by atoms with Crippen molar-refractivity contribution in [1.29, 1.82) is 0 Å². The maximum absolute atomic E-state index is 12.2. The Balaban J connectivity index is 2.47. The van der Waals surface area contributed by atoms with E-state index in [1.165, 1.54) is 0 Å². The lowest BCUT2D eigenvalue weighted by Gasteiger charge is -2.20. The number of rotatable bonds is 7. The molecule has 0 aromatic carbocycles. The Labute approximate surface area is 130 Å². The molecule has 20 heavy (non-hydrogen) atoms. The van der Waals surface area contributed by atoms with Gasteiger partial charge in [0.05, 0.1) is 0 Å². The zero-order valence-corrected chi connectivity index (χ0v) is 14.7. The van der Waals surface area contributed by atoms with Crippen LogP contribution in [0.2, 0.25) is 0 Å². The van der Waals surface area contributed by atoms with E-state index in [-0.39, 0.29) is 11.9 Å². The van der Waals surface area contributed by atoms with Gasteiger partial charge < -0.3 is 14.8 Å². The third-order valence-electron chi connectivity index (χ3n) is 3.46. The molecule has 1 heterocycles. The average molecular weight is 344 g/mol. The van der Waals surface area contributed by atoms with Gasteiger partial charge in [0.2, 0.25) is 0 Å². The lowest BCUT2D eigenvalue weighted by atomic mass is 10.3. The first-order chi connectivity index (χ1) is 9.32. The molecule has 0 aliphatic carbocycles. The van der Waals surface area contributed by atoms with Crippen LogP contribution in [0.3, 0.4) is 0 Å². The monoisotopic (exact) mass is 343 g/mol. The Morgan fingerprint density at radius 1 is 1.40 bits per heavy atom. The van der Waals surface area contributed by atoms with E-state index < -0.39 is 0 Å². The Kier molecular flexibility index (Phi) is 6.76. The van der Waals surface area contributed by atoms with Gasteiger partial charge in [0.1, 0.15) is 5.69 Å². The van der Waals surface area contributed by atoms with Crippen molar-refractivity contribution in [1.82, 2.24) is 14.8 Å². The molecule has 1 N–H and O–H groups in total. The molecule has 1 amide bonds. The molecule has 114 valence electrons. The Morgan fingerprint density at radius 2 is 2.05 bits per heavy atom. The number of carbonyl (C=O) groups is 1. The number of carbonyl (C=O) groups excluding carboxylic acids is 1. The average Bonchev–Trinajstić information content (AvgIpc) is 2.76. The van der Waals surface area contributed by atoms with Gasteiger partial charge in [-0.1, -0.05) is 0 Å². The quantitative estimate of drug-likeness (QED) is 0.771. The maximum atomic E-state index is 12.2. The molecule has 0 spiro atoms. The van der Waals surface area contributed by atoms with Crippen LogP contribution in [0.4, 0.5) is 0 Å². The van der Waals surface area contributed by atoms with Gasteiger partial charge in [0.15, 0.2) is 0 Å². The minimum Gasteiger partial charge on any atom is -0.351 e. The maximum Gasteiger partial charge on any atom is 0.267 e. The van der Waals surface area contributed by atoms with Gasteiger partial charge in [-0.15, -0.1) is 0 Å². The fourth-order valence-corrected chi connectivity index (χ4v) is 2.37. The standard InChI is InChI=1S/C15H26BrN3O/c1-11(2)18(5)8-6-7-17-15(20)14-9-13(16)10-19(14)12(3)4/h9-12H,6-8H2,1-5H3,(H,17,20). The van der Waals surface area contributed by atoms with Gasteiger partial charge in [-0.05, 0) is 69.7 Å². The van der Waals surface area contributed by atoms with Crippen molar-refractivity contribution in [2.45, 2.75) is 46.2 Å². The number of hydrogen-bond donors (Lipinski definition) is 1. The molecule has 5 heteroatoms. The summed E-state index contributed by atoms with van der Waals surface area (Å²) in [5, 5.41) is 2.99. The Hall–Kier alpha value is -0.810. The van der Waals surface area contributed by atoms with E-state index in [2.05, 4.69) is 60.9 Å². The summed E-state index contributed by atoms with van der Waals surface area (Å²) in [7, 11) is 2.10. The number of hydrogen-bond acceptors (Lipinski definition) is 2. The molecule has 0 aliphatic rings. The second kappa shape index (κ2) is 7.84. The Bertz CT molecular complexity index is 440. The predicted octanol–water partition coefficient (Wildman–Crippen LogP) is 3.29. The number of nitrogens with one attached hydrogen (secondary N) is 1. The minimum atomic E-state index is -0.00315. The molecule has 0 aliphatic heterocycles. The highest BCUT2D eigenvalue weighted by Gasteiger charge is 2.14. The summed E-state index contributed by atoms with van der Waals surface area (Å²) in [5.41, 5.74) is 0.712. The molecule has 4 nitrogen and oxygen atoms in total. The molecule has 0 bridgehead atoms. The van der Waals surface area contributed by atoms with Crippen LogP contribution in [0.15, 0.2) is 16.7 Å². The lowest BCUT2D eigenvalue weighted by Crippen LogP contribution is -2.32. The van der Waals surface area contributed by atoms with E-state index in [1.807, 2.05) is 16.8 Å². The number of aromatic nitrogens is 1. The number of nitrogens with zero attached hydrogens (tertiary/aromatic N) is 2. The third kappa shape index (κ3) is 4.94. The van der Waals surface area contributed by atoms with Gasteiger partial charge in [-0.3, -0.25) is 4.79 Å². The first kappa shape index (κ1) is 17.2. The van der Waals surface area contributed by atoms with Gasteiger partial charge in [-0.25, -0.2) is 0 Å². The number of amides is 1. The first-order valence-corrected chi connectivity index (χ1v) is 7.98. The highest BCUT2D eigenvalue weighted by molar-refractivity contribution is 9.10. The van der Waals surface area contributed by atoms with Crippen LogP contribution >= 0.6 is 15.9 Å². The van der Waals surface area contributed by atoms with Crippen molar-refractivity contribution >= 4 is 21.8 Å². The zero-order valence-electron chi connectivity index (χ0n) is 13.1. The molecular weight excluding hydrogens is 318 g/mol. The van der Waals surface area contributed by atoms with Gasteiger partial charge in [0, 0.05) is 29.3 Å². The topological polar surface area (TPSA) is 37.3 Å². The third-order valence-corrected chi connectivity index (χ3v) is 3.89. The molecule has 0 saturated carbocycles. The summed E-state index contributed by atoms with van der Waals surface area (Å²) < 4.78 is 2.93. The number of halogens is 1. The van der Waals surface area contributed by atoms with Crippen molar-refractivity contribution in [2.75, 3.05) is 20.1 Å². The summed E-state index contributed by atoms with van der Waals surface area (Å²) in [6, 6.07) is 2.68. The second-order valence-electron chi connectivity index (χ2n) is 5.73. The summed E-state index contributed by atoms with van der Waals surface area (Å²) in [6.07, 6.45) is 2.91. The fraction of sp³-hybridized carbons (Fsp3) is 0.667. The van der Waals surface area contributed by atoms with Crippen molar-refractivity contribution in [3.8, 4) is 0 Å².